The molecule has 100 valence electrons. The minimum Gasteiger partial charge on any atom is -0.317 e. The molecule has 1 aliphatic rings. The van der Waals surface area contributed by atoms with E-state index in [9.17, 15) is 8.78 Å². The van der Waals surface area contributed by atoms with E-state index in [1.54, 1.807) is 6.07 Å². The van der Waals surface area contributed by atoms with Gasteiger partial charge in [-0.15, -0.1) is 0 Å². The van der Waals surface area contributed by atoms with Crippen molar-refractivity contribution in [1.82, 2.24) is 10.2 Å². The topological polar surface area (TPSA) is 15.3 Å². The summed E-state index contributed by atoms with van der Waals surface area (Å²) < 4.78 is 26.0. The van der Waals surface area contributed by atoms with Gasteiger partial charge in [0.2, 0.25) is 0 Å². The Hall–Kier alpha value is -1.00. The van der Waals surface area contributed by atoms with E-state index in [1.165, 1.54) is 18.6 Å². The second-order valence-corrected chi connectivity index (χ2v) is 5.00. The van der Waals surface area contributed by atoms with Crippen LogP contribution < -0.4 is 5.32 Å². The first-order chi connectivity index (χ1) is 8.66. The molecule has 2 rings (SSSR count). The van der Waals surface area contributed by atoms with Crippen LogP contribution in [0.25, 0.3) is 0 Å². The van der Waals surface area contributed by atoms with Gasteiger partial charge in [0.25, 0.3) is 0 Å². The first-order valence-corrected chi connectivity index (χ1v) is 6.51. The Labute approximate surface area is 107 Å². The zero-order valence-corrected chi connectivity index (χ0v) is 10.8. The second kappa shape index (κ2) is 6.25. The maximum absolute atomic E-state index is 13.1. The van der Waals surface area contributed by atoms with E-state index in [4.69, 9.17) is 0 Å². The van der Waals surface area contributed by atoms with Gasteiger partial charge >= 0.3 is 0 Å². The average molecular weight is 254 g/mol. The van der Waals surface area contributed by atoms with Gasteiger partial charge in [0.1, 0.15) is 0 Å². The molecular weight excluding hydrogens is 234 g/mol. The largest absolute Gasteiger partial charge is 0.317 e. The van der Waals surface area contributed by atoms with Gasteiger partial charge in [-0.05, 0) is 57.1 Å². The van der Waals surface area contributed by atoms with Crippen LogP contribution in [0, 0.1) is 11.6 Å². The SMILES string of the molecule is CN(Cc1ccc(F)c(F)c1)C1CCCNCC1. The van der Waals surface area contributed by atoms with Crippen molar-refractivity contribution in [3.8, 4) is 0 Å². The molecule has 0 radical (unpaired) electrons. The van der Waals surface area contributed by atoms with E-state index >= 15 is 0 Å². The van der Waals surface area contributed by atoms with Crippen molar-refractivity contribution in [2.24, 2.45) is 0 Å². The van der Waals surface area contributed by atoms with Gasteiger partial charge in [-0.25, -0.2) is 8.78 Å². The molecule has 0 amide bonds. The van der Waals surface area contributed by atoms with Crippen LogP contribution in [0.4, 0.5) is 8.78 Å². The second-order valence-electron chi connectivity index (χ2n) is 5.00. The molecule has 4 heteroatoms. The third-order valence-corrected chi connectivity index (χ3v) is 3.58. The Kier molecular flexibility index (Phi) is 4.66. The van der Waals surface area contributed by atoms with E-state index in [0.717, 1.165) is 31.5 Å². The highest BCUT2D eigenvalue weighted by molar-refractivity contribution is 5.17. The Balaban J connectivity index is 1.96. The van der Waals surface area contributed by atoms with Gasteiger partial charge in [-0.2, -0.15) is 0 Å². The van der Waals surface area contributed by atoms with Gasteiger partial charge < -0.3 is 5.32 Å². The molecular formula is C14H20F2N2. The summed E-state index contributed by atoms with van der Waals surface area (Å²) >= 11 is 0. The molecule has 0 aromatic heterocycles. The third kappa shape index (κ3) is 3.50. The number of benzene rings is 1. The summed E-state index contributed by atoms with van der Waals surface area (Å²) in [5.41, 5.74) is 0.827. The van der Waals surface area contributed by atoms with Gasteiger partial charge in [0.05, 0.1) is 0 Å². The molecule has 0 saturated carbocycles. The molecule has 0 spiro atoms. The van der Waals surface area contributed by atoms with E-state index in [2.05, 4.69) is 17.3 Å². The third-order valence-electron chi connectivity index (χ3n) is 3.58. The van der Waals surface area contributed by atoms with Crippen LogP contribution in [0.15, 0.2) is 18.2 Å². The molecule has 1 N–H and O–H groups in total. The highest BCUT2D eigenvalue weighted by Crippen LogP contribution is 2.16. The predicted molar refractivity (Wildman–Crippen MR) is 68.3 cm³/mol. The van der Waals surface area contributed by atoms with Crippen LogP contribution in [-0.4, -0.2) is 31.1 Å². The smallest absolute Gasteiger partial charge is 0.159 e. The van der Waals surface area contributed by atoms with Gasteiger partial charge in [0, 0.05) is 12.6 Å². The molecule has 18 heavy (non-hydrogen) atoms. The predicted octanol–water partition coefficient (Wildman–Crippen LogP) is 2.54. The summed E-state index contributed by atoms with van der Waals surface area (Å²) in [4.78, 5) is 2.24. The summed E-state index contributed by atoms with van der Waals surface area (Å²) in [6, 6.07) is 4.67. The van der Waals surface area contributed by atoms with Gasteiger partial charge in [0.15, 0.2) is 11.6 Å². The van der Waals surface area contributed by atoms with Crippen LogP contribution in [-0.2, 0) is 6.54 Å². The number of halogens is 2. The quantitative estimate of drug-likeness (QED) is 0.891. The van der Waals surface area contributed by atoms with Crippen molar-refractivity contribution >= 4 is 0 Å². The molecule has 0 aliphatic carbocycles. The van der Waals surface area contributed by atoms with E-state index in [1.807, 2.05) is 0 Å². The highest BCUT2D eigenvalue weighted by atomic mass is 19.2. The molecule has 0 bridgehead atoms. The van der Waals surface area contributed by atoms with E-state index in [-0.39, 0.29) is 0 Å². The van der Waals surface area contributed by atoms with Crippen LogP contribution in [0.5, 0.6) is 0 Å². The summed E-state index contributed by atoms with van der Waals surface area (Å²) in [5.74, 6) is -1.54. The van der Waals surface area contributed by atoms with E-state index < -0.39 is 11.6 Å². The Bertz CT molecular complexity index is 387. The summed E-state index contributed by atoms with van der Waals surface area (Å²) in [6.45, 7) is 2.78. The fourth-order valence-corrected chi connectivity index (χ4v) is 2.50. The number of hydrogen-bond donors (Lipinski definition) is 1. The lowest BCUT2D eigenvalue weighted by Crippen LogP contribution is -2.32. The minimum atomic E-state index is -0.778. The molecule has 1 atom stereocenters. The zero-order valence-electron chi connectivity index (χ0n) is 10.8. The fourth-order valence-electron chi connectivity index (χ4n) is 2.50. The number of hydrogen-bond acceptors (Lipinski definition) is 2. The number of nitrogens with zero attached hydrogens (tertiary/aromatic N) is 1. The molecule has 1 aliphatic heterocycles. The van der Waals surface area contributed by atoms with Crippen molar-refractivity contribution in [1.29, 1.82) is 0 Å². The molecule has 2 nitrogen and oxygen atoms in total. The zero-order chi connectivity index (χ0) is 13.0. The molecule has 1 heterocycles. The standard InChI is InChI=1S/C14H20F2N2/c1-18(12-3-2-7-17-8-6-12)10-11-4-5-13(15)14(16)9-11/h4-5,9,12,17H,2-3,6-8,10H2,1H3. The van der Waals surface area contributed by atoms with Crippen molar-refractivity contribution in [3.05, 3.63) is 35.4 Å². The van der Waals surface area contributed by atoms with Crippen LogP contribution >= 0.6 is 0 Å². The van der Waals surface area contributed by atoms with Crippen LogP contribution in [0.1, 0.15) is 24.8 Å². The lowest BCUT2D eigenvalue weighted by molar-refractivity contribution is 0.216. The van der Waals surface area contributed by atoms with Gasteiger partial charge in [-0.1, -0.05) is 6.07 Å². The first-order valence-electron chi connectivity index (χ1n) is 6.51. The summed E-state index contributed by atoms with van der Waals surface area (Å²) in [6.07, 6.45) is 3.44. The lowest BCUT2D eigenvalue weighted by atomic mass is 10.1. The maximum atomic E-state index is 13.1. The van der Waals surface area contributed by atoms with E-state index in [0.29, 0.717) is 12.6 Å². The first kappa shape index (κ1) is 13.4. The Morgan fingerprint density at radius 2 is 2.06 bits per heavy atom. The summed E-state index contributed by atoms with van der Waals surface area (Å²) in [7, 11) is 2.05. The van der Waals surface area contributed by atoms with Crippen LogP contribution in [0.3, 0.4) is 0 Å². The molecule has 1 fully saturated rings. The molecule has 1 aromatic carbocycles. The number of rotatable bonds is 3. The van der Waals surface area contributed by atoms with Crippen LogP contribution in [0.2, 0.25) is 0 Å². The average Bonchev–Trinajstić information content (AvgIpc) is 2.62. The van der Waals surface area contributed by atoms with Crippen molar-refractivity contribution in [3.63, 3.8) is 0 Å². The number of nitrogens with one attached hydrogen (secondary N) is 1. The highest BCUT2D eigenvalue weighted by Gasteiger charge is 2.17. The minimum absolute atomic E-state index is 0.521. The van der Waals surface area contributed by atoms with Crippen molar-refractivity contribution in [2.45, 2.75) is 31.8 Å². The Morgan fingerprint density at radius 3 is 2.83 bits per heavy atom. The normalized spacial score (nSPS) is 21.0. The van der Waals surface area contributed by atoms with Crippen molar-refractivity contribution in [2.75, 3.05) is 20.1 Å². The van der Waals surface area contributed by atoms with Crippen molar-refractivity contribution < 1.29 is 8.78 Å². The molecule has 1 aromatic rings. The fraction of sp³-hybridized carbons (Fsp3) is 0.571. The summed E-state index contributed by atoms with van der Waals surface area (Å²) in [5, 5.41) is 3.38. The molecule has 1 unspecified atom stereocenters. The maximum Gasteiger partial charge on any atom is 0.159 e. The van der Waals surface area contributed by atoms with Gasteiger partial charge in [-0.3, -0.25) is 4.90 Å². The Morgan fingerprint density at radius 1 is 1.22 bits per heavy atom. The molecule has 1 saturated heterocycles. The monoisotopic (exact) mass is 254 g/mol. The lowest BCUT2D eigenvalue weighted by Gasteiger charge is -2.26.